The zero-order valence-corrected chi connectivity index (χ0v) is 13.2. The lowest BCUT2D eigenvalue weighted by Gasteiger charge is -2.24. The first-order valence-corrected chi connectivity index (χ1v) is 7.55. The van der Waals surface area contributed by atoms with Crippen LogP contribution in [0.15, 0.2) is 48.5 Å². The fourth-order valence-corrected chi connectivity index (χ4v) is 2.29. The molecule has 2 aromatic carbocycles. The number of urea groups is 1. The summed E-state index contributed by atoms with van der Waals surface area (Å²) in [5.41, 5.74) is 1.55. The smallest absolute Gasteiger partial charge is 0.318 e. The number of hydrogen-bond donors (Lipinski definition) is 1. The van der Waals surface area contributed by atoms with E-state index in [4.69, 9.17) is 0 Å². The molecule has 23 heavy (non-hydrogen) atoms. The first kappa shape index (κ1) is 16.9. The number of rotatable bonds is 5. The molecular weight excluding hydrogens is 298 g/mol. The van der Waals surface area contributed by atoms with Crippen LogP contribution in [-0.2, 0) is 6.54 Å². The molecule has 2 rings (SSSR count). The summed E-state index contributed by atoms with van der Waals surface area (Å²) in [4.78, 5) is 14.0. The average molecular weight is 318 g/mol. The molecule has 0 bridgehead atoms. The Labute approximate surface area is 134 Å². The number of carbonyl (C=O) groups excluding carboxylic acids is 1. The van der Waals surface area contributed by atoms with Gasteiger partial charge < -0.3 is 10.2 Å². The Bertz CT molecular complexity index is 658. The summed E-state index contributed by atoms with van der Waals surface area (Å²) >= 11 is 0. The van der Waals surface area contributed by atoms with E-state index in [0.29, 0.717) is 13.1 Å². The SMILES string of the molecule is CCN(Cc1cccc(F)c1)C(=O)NC(C)c1ccc(F)cc1. The molecule has 1 unspecified atom stereocenters. The molecule has 1 N–H and O–H groups in total. The summed E-state index contributed by atoms with van der Waals surface area (Å²) in [7, 11) is 0. The van der Waals surface area contributed by atoms with Crippen LogP contribution in [0, 0.1) is 11.6 Å². The van der Waals surface area contributed by atoms with E-state index in [1.165, 1.54) is 24.3 Å². The van der Waals surface area contributed by atoms with Crippen LogP contribution >= 0.6 is 0 Å². The number of nitrogens with one attached hydrogen (secondary N) is 1. The molecule has 0 aliphatic carbocycles. The minimum absolute atomic E-state index is 0.242. The second-order valence-electron chi connectivity index (χ2n) is 5.37. The first-order chi connectivity index (χ1) is 11.0. The third kappa shape index (κ3) is 4.77. The Morgan fingerprint density at radius 1 is 1.13 bits per heavy atom. The number of nitrogens with zero attached hydrogens (tertiary/aromatic N) is 1. The molecule has 0 radical (unpaired) electrons. The third-order valence-corrected chi connectivity index (χ3v) is 3.64. The number of amides is 2. The van der Waals surface area contributed by atoms with Crippen molar-refractivity contribution in [3.05, 3.63) is 71.3 Å². The maximum absolute atomic E-state index is 13.2. The summed E-state index contributed by atoms with van der Waals surface area (Å²) in [5, 5.41) is 2.87. The van der Waals surface area contributed by atoms with Crippen LogP contribution in [0.25, 0.3) is 0 Å². The zero-order valence-electron chi connectivity index (χ0n) is 13.2. The van der Waals surface area contributed by atoms with Gasteiger partial charge in [0.1, 0.15) is 11.6 Å². The highest BCUT2D eigenvalue weighted by Gasteiger charge is 2.16. The second kappa shape index (κ2) is 7.72. The Morgan fingerprint density at radius 2 is 1.83 bits per heavy atom. The lowest BCUT2D eigenvalue weighted by molar-refractivity contribution is 0.194. The van der Waals surface area contributed by atoms with E-state index in [2.05, 4.69) is 5.32 Å². The molecule has 0 aromatic heterocycles. The van der Waals surface area contributed by atoms with Crippen molar-refractivity contribution >= 4 is 6.03 Å². The first-order valence-electron chi connectivity index (χ1n) is 7.55. The number of hydrogen-bond acceptors (Lipinski definition) is 1. The van der Waals surface area contributed by atoms with Crippen LogP contribution < -0.4 is 5.32 Å². The molecule has 0 heterocycles. The molecule has 0 aliphatic rings. The van der Waals surface area contributed by atoms with E-state index in [1.54, 1.807) is 29.2 Å². The summed E-state index contributed by atoms with van der Waals surface area (Å²) < 4.78 is 26.2. The summed E-state index contributed by atoms with van der Waals surface area (Å²) in [6.45, 7) is 4.53. The van der Waals surface area contributed by atoms with Gasteiger partial charge in [-0.2, -0.15) is 0 Å². The van der Waals surface area contributed by atoms with E-state index >= 15 is 0 Å². The zero-order chi connectivity index (χ0) is 16.8. The minimum Gasteiger partial charge on any atom is -0.331 e. The van der Waals surface area contributed by atoms with Crippen LogP contribution in [-0.4, -0.2) is 17.5 Å². The van der Waals surface area contributed by atoms with Gasteiger partial charge in [0.25, 0.3) is 0 Å². The predicted molar refractivity (Wildman–Crippen MR) is 85.8 cm³/mol. The van der Waals surface area contributed by atoms with Crippen molar-refractivity contribution in [2.24, 2.45) is 0 Å². The lowest BCUT2D eigenvalue weighted by Crippen LogP contribution is -2.40. The fourth-order valence-electron chi connectivity index (χ4n) is 2.29. The molecule has 0 aliphatic heterocycles. The van der Waals surface area contributed by atoms with Crippen molar-refractivity contribution in [1.82, 2.24) is 10.2 Å². The second-order valence-corrected chi connectivity index (χ2v) is 5.37. The van der Waals surface area contributed by atoms with Crippen molar-refractivity contribution in [3.8, 4) is 0 Å². The van der Waals surface area contributed by atoms with Gasteiger partial charge in [-0.3, -0.25) is 0 Å². The van der Waals surface area contributed by atoms with Gasteiger partial charge in [-0.15, -0.1) is 0 Å². The van der Waals surface area contributed by atoms with Crippen molar-refractivity contribution in [3.63, 3.8) is 0 Å². The van der Waals surface area contributed by atoms with Gasteiger partial charge in [0, 0.05) is 13.1 Å². The van der Waals surface area contributed by atoms with Crippen molar-refractivity contribution in [2.45, 2.75) is 26.4 Å². The molecule has 0 spiro atoms. The molecule has 0 saturated heterocycles. The molecule has 5 heteroatoms. The van der Waals surface area contributed by atoms with E-state index in [1.807, 2.05) is 13.8 Å². The average Bonchev–Trinajstić information content (AvgIpc) is 2.53. The number of halogens is 2. The highest BCUT2D eigenvalue weighted by molar-refractivity contribution is 5.74. The van der Waals surface area contributed by atoms with Gasteiger partial charge in [0.05, 0.1) is 6.04 Å². The highest BCUT2D eigenvalue weighted by atomic mass is 19.1. The molecule has 2 amide bonds. The molecule has 2 aromatic rings. The van der Waals surface area contributed by atoms with Gasteiger partial charge in [-0.1, -0.05) is 24.3 Å². The van der Waals surface area contributed by atoms with Crippen molar-refractivity contribution < 1.29 is 13.6 Å². The van der Waals surface area contributed by atoms with E-state index in [-0.39, 0.29) is 23.7 Å². The van der Waals surface area contributed by atoms with Gasteiger partial charge >= 0.3 is 6.03 Å². The predicted octanol–water partition coefficient (Wildman–Crippen LogP) is 4.26. The van der Waals surface area contributed by atoms with E-state index in [0.717, 1.165) is 11.1 Å². The fraction of sp³-hybridized carbons (Fsp3) is 0.278. The molecular formula is C18H20F2N2O. The van der Waals surface area contributed by atoms with Crippen molar-refractivity contribution in [2.75, 3.05) is 6.54 Å². The largest absolute Gasteiger partial charge is 0.331 e. The standard InChI is InChI=1S/C18H20F2N2O/c1-3-22(12-14-5-4-6-17(20)11-14)18(23)21-13(2)15-7-9-16(19)10-8-15/h4-11,13H,3,12H2,1-2H3,(H,21,23). The normalized spacial score (nSPS) is 11.8. The Hall–Kier alpha value is -2.43. The number of benzene rings is 2. The summed E-state index contributed by atoms with van der Waals surface area (Å²) in [6, 6.07) is 11.7. The quantitative estimate of drug-likeness (QED) is 0.878. The minimum atomic E-state index is -0.321. The van der Waals surface area contributed by atoms with Crippen LogP contribution in [0.5, 0.6) is 0 Å². The van der Waals surface area contributed by atoms with Gasteiger partial charge in [-0.05, 0) is 49.2 Å². The van der Waals surface area contributed by atoms with E-state index in [9.17, 15) is 13.6 Å². The van der Waals surface area contributed by atoms with Gasteiger partial charge in [0.2, 0.25) is 0 Å². The topological polar surface area (TPSA) is 32.3 Å². The molecule has 0 saturated carbocycles. The van der Waals surface area contributed by atoms with Gasteiger partial charge in [-0.25, -0.2) is 13.6 Å². The molecule has 1 atom stereocenters. The molecule has 3 nitrogen and oxygen atoms in total. The maximum Gasteiger partial charge on any atom is 0.318 e. The molecule has 122 valence electrons. The highest BCUT2D eigenvalue weighted by Crippen LogP contribution is 2.14. The summed E-state index contributed by atoms with van der Waals surface area (Å²) in [5.74, 6) is -0.632. The summed E-state index contributed by atoms with van der Waals surface area (Å²) in [6.07, 6.45) is 0. The monoisotopic (exact) mass is 318 g/mol. The van der Waals surface area contributed by atoms with Gasteiger partial charge in [0.15, 0.2) is 0 Å². The van der Waals surface area contributed by atoms with E-state index < -0.39 is 0 Å². The van der Waals surface area contributed by atoms with Crippen LogP contribution in [0.3, 0.4) is 0 Å². The Morgan fingerprint density at radius 3 is 2.43 bits per heavy atom. The van der Waals surface area contributed by atoms with Crippen molar-refractivity contribution in [1.29, 1.82) is 0 Å². The van der Waals surface area contributed by atoms with Crippen LogP contribution in [0.2, 0.25) is 0 Å². The Balaban J connectivity index is 2.00. The lowest BCUT2D eigenvalue weighted by atomic mass is 10.1. The Kier molecular flexibility index (Phi) is 5.68. The van der Waals surface area contributed by atoms with Crippen LogP contribution in [0.4, 0.5) is 13.6 Å². The number of carbonyl (C=O) groups is 1. The third-order valence-electron chi connectivity index (χ3n) is 3.64. The molecule has 0 fully saturated rings. The van der Waals surface area contributed by atoms with Crippen LogP contribution in [0.1, 0.15) is 31.0 Å². The maximum atomic E-state index is 13.2.